The topological polar surface area (TPSA) is 66.9 Å². The number of amides is 1. The molecule has 0 aromatic heterocycles. The first-order valence-electron chi connectivity index (χ1n) is 1.42. The molecule has 0 aromatic rings. The second-order valence-electron chi connectivity index (χ2n) is 0.702. The van der Waals surface area contributed by atoms with Crippen molar-refractivity contribution in [1.29, 1.82) is 5.26 Å². The second kappa shape index (κ2) is 15.7. The molecule has 8 heavy (non-hydrogen) atoms. The van der Waals surface area contributed by atoms with Gasteiger partial charge in [-0.25, -0.2) is 5.26 Å². The molecule has 0 bridgehead atoms. The number of primary amides is 1. The summed E-state index contributed by atoms with van der Waals surface area (Å²) in [5.41, 5.74) is 4.47. The average Bonchev–Trinajstić information content (AvgIpc) is 1.33. The number of hydrogen-bond acceptors (Lipinski definition) is 3. The third-order valence-corrected chi connectivity index (χ3v) is 0. The average molecular weight is 140 g/mol. The van der Waals surface area contributed by atoms with E-state index in [1.165, 1.54) is 12.3 Å². The second-order valence-corrected chi connectivity index (χ2v) is 0.885. The maximum absolute atomic E-state index is 9.22. The zero-order valence-corrected chi connectivity index (χ0v) is 7.66. The first kappa shape index (κ1) is 15.7. The predicted molar refractivity (Wildman–Crippen MR) is 27.8 cm³/mol. The summed E-state index contributed by atoms with van der Waals surface area (Å²) >= 11 is 3.70. The van der Waals surface area contributed by atoms with Crippen molar-refractivity contribution in [3.8, 4) is 5.40 Å². The Hall–Kier alpha value is 0.180. The molecule has 0 aromatic carbocycles. The summed E-state index contributed by atoms with van der Waals surface area (Å²) < 4.78 is 0. The Morgan fingerprint density at radius 2 is 1.88 bits per heavy atom. The minimum Gasteiger partial charge on any atom is -0.696 e. The van der Waals surface area contributed by atoms with E-state index in [2.05, 4.69) is 18.4 Å². The Labute approximate surface area is 75.9 Å². The van der Waals surface area contributed by atoms with Crippen LogP contribution in [0.4, 0.5) is 0 Å². The van der Waals surface area contributed by atoms with Crippen molar-refractivity contribution in [2.75, 3.05) is 0 Å². The maximum Gasteiger partial charge on any atom is 1.00 e. The Bertz CT molecular complexity index is 85.8. The van der Waals surface area contributed by atoms with E-state index in [0.29, 0.717) is 0 Å². The van der Waals surface area contributed by atoms with Gasteiger partial charge in [0.25, 0.3) is 0 Å². The molecule has 0 unspecified atom stereocenters. The van der Waals surface area contributed by atoms with Crippen LogP contribution in [0.25, 0.3) is 0 Å². The van der Waals surface area contributed by atoms with Gasteiger partial charge in [-0.2, -0.15) is 0 Å². The molecule has 0 aliphatic carbocycles. The van der Waals surface area contributed by atoms with Gasteiger partial charge in [0.2, 0.25) is 5.91 Å². The summed E-state index contributed by atoms with van der Waals surface area (Å²) in [6.45, 7) is 1.31. The number of hydrogen-bond donors (Lipinski definition) is 1. The van der Waals surface area contributed by atoms with E-state index in [9.17, 15) is 4.79 Å². The van der Waals surface area contributed by atoms with E-state index in [0.717, 1.165) is 0 Å². The first-order chi connectivity index (χ1) is 3.15. The van der Waals surface area contributed by atoms with Crippen molar-refractivity contribution in [1.82, 2.24) is 0 Å². The fourth-order valence-electron chi connectivity index (χ4n) is 0. The number of nitrogens with zero attached hydrogens (tertiary/aromatic N) is 1. The van der Waals surface area contributed by atoms with Crippen LogP contribution in [0.5, 0.6) is 0 Å². The van der Waals surface area contributed by atoms with Crippen LogP contribution in [0.2, 0.25) is 0 Å². The third-order valence-electron chi connectivity index (χ3n) is 0. The van der Waals surface area contributed by atoms with Crippen LogP contribution >= 0.6 is 0 Å². The van der Waals surface area contributed by atoms with Crippen molar-refractivity contribution in [2.24, 2.45) is 5.73 Å². The van der Waals surface area contributed by atoms with Gasteiger partial charge < -0.3 is 18.4 Å². The predicted octanol–water partition coefficient (Wildman–Crippen LogP) is -3.49. The number of nitrogens with two attached hydrogens (primary N) is 1. The molecular weight excluding hydrogens is 135 g/mol. The van der Waals surface area contributed by atoms with E-state index >= 15 is 0 Å². The van der Waals surface area contributed by atoms with Crippen molar-refractivity contribution >= 4 is 18.5 Å². The van der Waals surface area contributed by atoms with Gasteiger partial charge in [-0.3, -0.25) is 4.79 Å². The Balaban J connectivity index is -0.0000000575. The molecule has 0 rings (SSSR count). The maximum atomic E-state index is 9.22. The monoisotopic (exact) mass is 140 g/mol. The van der Waals surface area contributed by atoms with E-state index in [4.69, 9.17) is 5.26 Å². The SMILES string of the molecule is CC(N)=O.N#C[S-].[Na+]. The molecule has 0 saturated carbocycles. The molecule has 0 saturated heterocycles. The number of rotatable bonds is 0. The normalized spacial score (nSPS) is 4.00. The van der Waals surface area contributed by atoms with Crippen LogP contribution < -0.4 is 35.3 Å². The standard InChI is InChI=1S/C2H5NO.CHNS.Na/c1-2(3)4;2-1-3;/h1H3,(H2,3,4);3H;/q;;+1/p-1. The Kier molecular flexibility index (Phi) is 30.8. The molecule has 0 atom stereocenters. The minimum absolute atomic E-state index is 0. The fraction of sp³-hybridized carbons (Fsp3) is 0.333. The van der Waals surface area contributed by atoms with E-state index < -0.39 is 0 Å². The zero-order chi connectivity index (χ0) is 6.28. The first-order valence-corrected chi connectivity index (χ1v) is 1.83. The number of carbonyl (C=O) groups excluding carboxylic acids is 1. The van der Waals surface area contributed by atoms with Gasteiger partial charge in [0.1, 0.15) is 0 Å². The van der Waals surface area contributed by atoms with E-state index in [1.807, 2.05) is 0 Å². The molecule has 5 heteroatoms. The van der Waals surface area contributed by atoms with Crippen molar-refractivity contribution in [3.63, 3.8) is 0 Å². The summed E-state index contributed by atoms with van der Waals surface area (Å²) in [7, 11) is 0. The molecule has 0 radical (unpaired) electrons. The molecule has 1 amide bonds. The van der Waals surface area contributed by atoms with Crippen LogP contribution in [-0.2, 0) is 17.4 Å². The van der Waals surface area contributed by atoms with Gasteiger partial charge in [-0.1, -0.05) is 5.40 Å². The molecule has 2 N–H and O–H groups in total. The largest absolute Gasteiger partial charge is 1.00 e. The number of carbonyl (C=O) groups is 1. The Morgan fingerprint density at radius 1 is 1.88 bits per heavy atom. The number of nitriles is 1. The summed E-state index contributed by atoms with van der Waals surface area (Å²) in [5.74, 6) is -0.333. The van der Waals surface area contributed by atoms with Crippen LogP contribution in [0.3, 0.4) is 0 Å². The fourth-order valence-corrected chi connectivity index (χ4v) is 0. The molecule has 40 valence electrons. The smallest absolute Gasteiger partial charge is 0.696 e. The van der Waals surface area contributed by atoms with Crippen LogP contribution in [-0.4, -0.2) is 5.91 Å². The molecule has 0 spiro atoms. The molecule has 0 heterocycles. The summed E-state index contributed by atoms with van der Waals surface area (Å²) in [6.07, 6.45) is 0. The quantitative estimate of drug-likeness (QED) is 0.216. The van der Waals surface area contributed by atoms with Gasteiger partial charge in [0.15, 0.2) is 0 Å². The van der Waals surface area contributed by atoms with Crippen molar-refractivity contribution in [2.45, 2.75) is 6.92 Å². The van der Waals surface area contributed by atoms with Gasteiger partial charge in [-0.15, -0.1) is 0 Å². The van der Waals surface area contributed by atoms with Gasteiger partial charge in [0, 0.05) is 6.92 Å². The zero-order valence-electron chi connectivity index (χ0n) is 4.84. The third kappa shape index (κ3) is 5120. The van der Waals surface area contributed by atoms with Crippen LogP contribution in [0, 0.1) is 10.7 Å². The number of thiocyanates is 1. The van der Waals surface area contributed by atoms with Gasteiger partial charge >= 0.3 is 29.6 Å². The van der Waals surface area contributed by atoms with Gasteiger partial charge in [-0.05, 0) is 0 Å². The molecular formula is C3H5N2NaOS. The van der Waals surface area contributed by atoms with E-state index in [-0.39, 0.29) is 35.5 Å². The Morgan fingerprint density at radius 3 is 1.88 bits per heavy atom. The van der Waals surface area contributed by atoms with Crippen LogP contribution in [0.1, 0.15) is 6.92 Å². The minimum atomic E-state index is -0.333. The molecule has 3 nitrogen and oxygen atoms in total. The summed E-state index contributed by atoms with van der Waals surface area (Å²) in [6, 6.07) is 0. The molecule has 0 aliphatic heterocycles. The summed E-state index contributed by atoms with van der Waals surface area (Å²) in [4.78, 5) is 9.22. The van der Waals surface area contributed by atoms with Crippen LogP contribution in [0.15, 0.2) is 0 Å². The van der Waals surface area contributed by atoms with Gasteiger partial charge in [0.05, 0.1) is 0 Å². The summed E-state index contributed by atoms with van der Waals surface area (Å²) in [5, 5.41) is 8.47. The van der Waals surface area contributed by atoms with Crippen molar-refractivity contribution in [3.05, 3.63) is 0 Å². The molecule has 0 fully saturated rings. The van der Waals surface area contributed by atoms with E-state index in [1.54, 1.807) is 0 Å². The van der Waals surface area contributed by atoms with Crippen molar-refractivity contribution < 1.29 is 34.4 Å². The molecule has 0 aliphatic rings.